The van der Waals surface area contributed by atoms with Gasteiger partial charge in [0.15, 0.2) is 0 Å². The fraction of sp³-hybridized carbons (Fsp3) is 0.265. The summed E-state index contributed by atoms with van der Waals surface area (Å²) >= 11 is 0. The number of ether oxygens (including phenoxy) is 2. The van der Waals surface area contributed by atoms with E-state index in [0.717, 1.165) is 94.9 Å². The van der Waals surface area contributed by atoms with Crippen LogP contribution < -0.4 is 9.47 Å². The number of carbonyl (C=O) groups is 4. The summed E-state index contributed by atoms with van der Waals surface area (Å²) in [6, 6.07) is 13.9. The van der Waals surface area contributed by atoms with Crippen molar-refractivity contribution in [3.63, 3.8) is 0 Å². The first-order valence-corrected chi connectivity index (χ1v) is 27.1. The molecule has 0 saturated heterocycles. The molecule has 0 spiro atoms. The Kier molecular flexibility index (Phi) is 33.6. The highest BCUT2D eigenvalue weighted by atomic mass is 19.1. The number of esters is 2. The summed E-state index contributed by atoms with van der Waals surface area (Å²) in [7, 11) is 0. The van der Waals surface area contributed by atoms with Gasteiger partial charge in [0.25, 0.3) is 0 Å². The average Bonchev–Trinajstić information content (AvgIpc) is 3.48. The Morgan fingerprint density at radius 2 is 0.700 bits per heavy atom. The number of aromatic carboxylic acids is 2. The molecule has 12 heteroatoms. The number of carboxylic acids is 2. The third-order valence-electron chi connectivity index (χ3n) is 11.4. The van der Waals surface area contributed by atoms with Crippen molar-refractivity contribution in [2.45, 2.75) is 117 Å². The van der Waals surface area contributed by atoms with E-state index in [1.54, 1.807) is 0 Å². The van der Waals surface area contributed by atoms with Crippen LogP contribution in [0.5, 0.6) is 11.5 Å². The number of unbranched alkanes of at least 4 members (excludes halogenated alkanes) is 1. The van der Waals surface area contributed by atoms with Crippen LogP contribution >= 0.6 is 0 Å². The van der Waals surface area contributed by atoms with Crippen LogP contribution in [0, 0.1) is 23.3 Å². The number of benzene rings is 4. The third kappa shape index (κ3) is 28.3. The fourth-order valence-corrected chi connectivity index (χ4v) is 7.28. The Morgan fingerprint density at radius 1 is 0.388 bits per heavy atom. The minimum Gasteiger partial charge on any atom is -0.478 e. The van der Waals surface area contributed by atoms with Crippen LogP contribution in [0.25, 0.3) is 22.3 Å². The second-order valence-corrected chi connectivity index (χ2v) is 17.8. The van der Waals surface area contributed by atoms with E-state index in [1.165, 1.54) is 48.5 Å². The van der Waals surface area contributed by atoms with Crippen LogP contribution in [0.2, 0.25) is 0 Å². The van der Waals surface area contributed by atoms with Gasteiger partial charge in [0.1, 0.15) is 45.9 Å². The second-order valence-electron chi connectivity index (χ2n) is 17.8. The molecule has 8 nitrogen and oxygen atoms in total. The molecule has 0 aliphatic heterocycles. The van der Waals surface area contributed by atoms with Gasteiger partial charge in [-0.3, -0.25) is 9.59 Å². The summed E-state index contributed by atoms with van der Waals surface area (Å²) in [4.78, 5) is 47.8. The van der Waals surface area contributed by atoms with E-state index in [-0.39, 0.29) is 57.7 Å². The molecule has 0 heterocycles. The predicted molar refractivity (Wildman–Crippen MR) is 315 cm³/mol. The Bertz CT molecular complexity index is 2910. The molecular formula is C68H74F4O8. The monoisotopic (exact) mass is 1090 g/mol. The van der Waals surface area contributed by atoms with Crippen LogP contribution in [-0.2, 0) is 9.59 Å². The molecule has 0 aliphatic rings. The van der Waals surface area contributed by atoms with Gasteiger partial charge in [0, 0.05) is 36.1 Å². The van der Waals surface area contributed by atoms with E-state index < -0.39 is 47.1 Å². The molecule has 0 aromatic heterocycles. The van der Waals surface area contributed by atoms with Crippen LogP contribution in [0.3, 0.4) is 0 Å². The van der Waals surface area contributed by atoms with Crippen LogP contribution in [-0.4, -0.2) is 34.1 Å². The minimum atomic E-state index is -1.32. The third-order valence-corrected chi connectivity index (χ3v) is 11.4. The summed E-state index contributed by atoms with van der Waals surface area (Å²) in [5, 5.41) is 19.1. The van der Waals surface area contributed by atoms with E-state index >= 15 is 0 Å². The van der Waals surface area contributed by atoms with E-state index in [2.05, 4.69) is 123 Å². The summed E-state index contributed by atoms with van der Waals surface area (Å²) in [5.41, 5.74) is 0.00921. The van der Waals surface area contributed by atoms with Crippen molar-refractivity contribution in [3.05, 3.63) is 241 Å². The standard InChI is InChI=1S/C35H38F2O4.C33H36F2O4/c1-2-3-4-5-6-7-8-9-10-11-12-13-14-15-16-17-18-19-20-21-34(38)41-33-25-22-28(26-31(33)35(39)40)30-24-23-29(36)27-32(30)37;1-2-3-4-5-6-7-8-9-10-11-12-13-14-15-16-17-18-19-32(36)39-31-23-20-26(24-29(31)33(37)38)28-22-21-27(34)25-30(28)35/h3-4,6-7,9-10,12-13,15-16,18-19,22-27H,2,5,8,11,14,17,20-21H2,1H3,(H,39,40);3-4,6-7,9-10,12-13,15-16,20-25H,2,5,8,11,14,17-19H2,1H3,(H,37,38)/b4-3-,7-6-,10-9-,13-12-,16-15-,19-18-;4-3-,7-6-,10-9-,13-12-,16-15-. The highest BCUT2D eigenvalue weighted by Crippen LogP contribution is 2.31. The van der Waals surface area contributed by atoms with Gasteiger partial charge in [-0.2, -0.15) is 0 Å². The molecule has 2 N–H and O–H groups in total. The normalized spacial score (nSPS) is 12.2. The van der Waals surface area contributed by atoms with Gasteiger partial charge < -0.3 is 19.7 Å². The molecule has 0 aliphatic carbocycles. The summed E-state index contributed by atoms with van der Waals surface area (Å²) in [6.45, 7) is 4.26. The van der Waals surface area contributed by atoms with Gasteiger partial charge in [0.05, 0.1) is 0 Å². The van der Waals surface area contributed by atoms with Crippen molar-refractivity contribution >= 4 is 23.9 Å². The largest absolute Gasteiger partial charge is 0.478 e. The smallest absolute Gasteiger partial charge is 0.339 e. The van der Waals surface area contributed by atoms with Gasteiger partial charge in [-0.1, -0.05) is 160 Å². The topological polar surface area (TPSA) is 127 Å². The van der Waals surface area contributed by atoms with E-state index in [1.807, 2.05) is 24.3 Å². The van der Waals surface area contributed by atoms with E-state index in [9.17, 15) is 47.0 Å². The highest BCUT2D eigenvalue weighted by molar-refractivity contribution is 5.94. The highest BCUT2D eigenvalue weighted by Gasteiger charge is 2.19. The van der Waals surface area contributed by atoms with Crippen molar-refractivity contribution in [3.8, 4) is 33.8 Å². The number of hydrogen-bond donors (Lipinski definition) is 2. The van der Waals surface area contributed by atoms with Gasteiger partial charge in [-0.25, -0.2) is 27.2 Å². The lowest BCUT2D eigenvalue weighted by atomic mass is 10.0. The molecule has 0 radical (unpaired) electrons. The first-order chi connectivity index (χ1) is 38.8. The van der Waals surface area contributed by atoms with Crippen LogP contribution in [0.15, 0.2) is 206 Å². The number of hydrogen-bond acceptors (Lipinski definition) is 6. The number of halogens is 4. The quantitative estimate of drug-likeness (QED) is 0.0159. The lowest BCUT2D eigenvalue weighted by Crippen LogP contribution is -2.11. The Labute approximate surface area is 469 Å². The van der Waals surface area contributed by atoms with Crippen LogP contribution in [0.1, 0.15) is 137 Å². The van der Waals surface area contributed by atoms with E-state index in [4.69, 9.17) is 9.47 Å². The average molecular weight is 1100 g/mol. The first kappa shape index (κ1) is 65.9. The van der Waals surface area contributed by atoms with Crippen molar-refractivity contribution in [2.24, 2.45) is 0 Å². The maximum Gasteiger partial charge on any atom is 0.339 e. The van der Waals surface area contributed by atoms with Crippen molar-refractivity contribution in [2.75, 3.05) is 0 Å². The molecule has 0 atom stereocenters. The van der Waals surface area contributed by atoms with Crippen molar-refractivity contribution < 1.29 is 56.4 Å². The van der Waals surface area contributed by atoms with Crippen molar-refractivity contribution in [1.29, 1.82) is 0 Å². The van der Waals surface area contributed by atoms with Crippen LogP contribution in [0.4, 0.5) is 17.6 Å². The van der Waals surface area contributed by atoms with Gasteiger partial charge in [-0.05, 0) is 150 Å². The zero-order valence-corrected chi connectivity index (χ0v) is 45.8. The van der Waals surface area contributed by atoms with Gasteiger partial charge >= 0.3 is 23.9 Å². The Hall–Kier alpha value is -8.38. The fourth-order valence-electron chi connectivity index (χ4n) is 7.28. The molecule has 0 bridgehead atoms. The number of allylic oxidation sites excluding steroid dienone is 22. The maximum absolute atomic E-state index is 14.1. The Morgan fingerprint density at radius 3 is 1.02 bits per heavy atom. The number of rotatable bonds is 33. The zero-order valence-electron chi connectivity index (χ0n) is 45.8. The molecule has 80 heavy (non-hydrogen) atoms. The first-order valence-electron chi connectivity index (χ1n) is 27.1. The molecule has 4 aromatic carbocycles. The molecule has 0 fully saturated rings. The molecule has 4 rings (SSSR count). The summed E-state index contributed by atoms with van der Waals surface area (Å²) in [5.74, 6) is -7.11. The SMILES string of the molecule is CC/C=C\C/C=C\C/C=C\C/C=C\C/C=C\C/C=C\CCC(=O)Oc1ccc(-c2ccc(F)cc2F)cc1C(=O)O.CC/C=C\C/C=C\C/C=C\C/C=C\C/C=C\CCCC(=O)Oc1ccc(-c2ccc(F)cc2F)cc1C(=O)O. The van der Waals surface area contributed by atoms with Crippen molar-refractivity contribution in [1.82, 2.24) is 0 Å². The number of carboxylic acid groups (broad SMARTS) is 2. The van der Waals surface area contributed by atoms with E-state index in [0.29, 0.717) is 19.3 Å². The molecule has 422 valence electrons. The summed E-state index contributed by atoms with van der Waals surface area (Å²) < 4.78 is 65.1. The molecule has 0 unspecified atom stereocenters. The summed E-state index contributed by atoms with van der Waals surface area (Å²) in [6.07, 6.45) is 58.6. The number of carbonyl (C=O) groups excluding carboxylic acids is 2. The predicted octanol–water partition coefficient (Wildman–Crippen LogP) is 18.9. The minimum absolute atomic E-state index is 0.0458. The molecular weight excluding hydrogens is 1020 g/mol. The zero-order chi connectivity index (χ0) is 58.0. The molecule has 0 saturated carbocycles. The lowest BCUT2D eigenvalue weighted by Gasteiger charge is -2.10. The van der Waals surface area contributed by atoms with Gasteiger partial charge in [-0.15, -0.1) is 0 Å². The molecule has 4 aromatic rings. The lowest BCUT2D eigenvalue weighted by molar-refractivity contribution is -0.135. The maximum atomic E-state index is 14.1. The molecule has 0 amide bonds. The van der Waals surface area contributed by atoms with Gasteiger partial charge in [0.2, 0.25) is 0 Å². The Balaban J connectivity index is 0.000000421. The second kappa shape index (κ2) is 40.8.